The quantitative estimate of drug-likeness (QED) is 0.469. The molecule has 0 N–H and O–H groups in total. The van der Waals surface area contributed by atoms with E-state index in [0.717, 1.165) is 38.8 Å². The second-order valence-electron chi connectivity index (χ2n) is 4.98. The van der Waals surface area contributed by atoms with E-state index in [2.05, 4.69) is 18.7 Å². The summed E-state index contributed by atoms with van der Waals surface area (Å²) >= 11 is 0. The molecule has 0 saturated carbocycles. The molecule has 1 aromatic carbocycles. The molecular weight excluding hydrogens is 313 g/mol. The van der Waals surface area contributed by atoms with E-state index in [1.807, 2.05) is 0 Å². The molecular formula is C15H24NNaO4S. The van der Waals surface area contributed by atoms with Crippen LogP contribution in [-0.2, 0) is 10.1 Å². The van der Waals surface area contributed by atoms with Gasteiger partial charge in [-0.1, -0.05) is 26.7 Å². The van der Waals surface area contributed by atoms with Gasteiger partial charge in [0.1, 0.15) is 15.9 Å². The Morgan fingerprint density at radius 2 is 1.68 bits per heavy atom. The van der Waals surface area contributed by atoms with E-state index in [1.165, 1.54) is 12.1 Å². The van der Waals surface area contributed by atoms with Crippen LogP contribution >= 0.6 is 0 Å². The molecule has 0 atom stereocenters. The minimum atomic E-state index is -4.46. The van der Waals surface area contributed by atoms with Gasteiger partial charge in [0.25, 0.3) is 0 Å². The van der Waals surface area contributed by atoms with Gasteiger partial charge in [0.15, 0.2) is 0 Å². The molecule has 5 nitrogen and oxygen atoms in total. The molecule has 0 aliphatic rings. The van der Waals surface area contributed by atoms with Crippen molar-refractivity contribution in [2.75, 3.05) is 25.1 Å². The van der Waals surface area contributed by atoms with Crippen molar-refractivity contribution in [2.45, 2.75) is 44.4 Å². The second-order valence-corrected chi connectivity index (χ2v) is 6.36. The van der Waals surface area contributed by atoms with Crippen LogP contribution in [0.25, 0.3) is 0 Å². The van der Waals surface area contributed by atoms with Crippen molar-refractivity contribution in [1.82, 2.24) is 0 Å². The molecule has 0 fully saturated rings. The first-order chi connectivity index (χ1) is 9.93. The Labute approximate surface area is 156 Å². The minimum Gasteiger partial charge on any atom is -0.744 e. The summed E-state index contributed by atoms with van der Waals surface area (Å²) in [6, 6.07) is 4.26. The van der Waals surface area contributed by atoms with Crippen LogP contribution in [0.5, 0.6) is 5.75 Å². The van der Waals surface area contributed by atoms with Gasteiger partial charge in [-0.2, -0.15) is 0 Å². The van der Waals surface area contributed by atoms with Crippen molar-refractivity contribution in [3.8, 4) is 5.75 Å². The number of benzene rings is 1. The van der Waals surface area contributed by atoms with E-state index in [1.54, 1.807) is 13.2 Å². The predicted molar refractivity (Wildman–Crippen MR) is 83.0 cm³/mol. The van der Waals surface area contributed by atoms with Crippen molar-refractivity contribution in [1.29, 1.82) is 0 Å². The van der Waals surface area contributed by atoms with E-state index in [-0.39, 0.29) is 34.5 Å². The normalized spacial score (nSPS) is 10.9. The van der Waals surface area contributed by atoms with E-state index < -0.39 is 10.1 Å². The molecule has 0 aliphatic carbocycles. The minimum absolute atomic E-state index is 0. The molecule has 0 unspecified atom stereocenters. The van der Waals surface area contributed by atoms with Gasteiger partial charge in [-0.15, -0.1) is 0 Å². The van der Waals surface area contributed by atoms with Crippen molar-refractivity contribution >= 4 is 15.8 Å². The van der Waals surface area contributed by atoms with Crippen molar-refractivity contribution in [3.05, 3.63) is 18.2 Å². The number of ether oxygens (including phenoxy) is 1. The third kappa shape index (κ3) is 6.46. The summed E-state index contributed by atoms with van der Waals surface area (Å²) in [7, 11) is -2.91. The van der Waals surface area contributed by atoms with Gasteiger partial charge in [-0.3, -0.25) is 0 Å². The largest absolute Gasteiger partial charge is 1.00 e. The fourth-order valence-electron chi connectivity index (χ4n) is 2.12. The van der Waals surface area contributed by atoms with Gasteiger partial charge in [-0.25, -0.2) is 8.42 Å². The fourth-order valence-corrected chi connectivity index (χ4v) is 2.61. The predicted octanol–water partition coefficient (Wildman–Crippen LogP) is 0.00990. The first-order valence-electron chi connectivity index (χ1n) is 7.32. The number of rotatable bonds is 9. The van der Waals surface area contributed by atoms with E-state index >= 15 is 0 Å². The van der Waals surface area contributed by atoms with Gasteiger partial charge in [0.05, 0.1) is 17.7 Å². The molecule has 0 saturated heterocycles. The average molecular weight is 337 g/mol. The molecule has 22 heavy (non-hydrogen) atoms. The van der Waals surface area contributed by atoms with Gasteiger partial charge >= 0.3 is 29.6 Å². The molecule has 0 aromatic heterocycles. The zero-order chi connectivity index (χ0) is 15.9. The first kappa shape index (κ1) is 21.7. The van der Waals surface area contributed by atoms with Gasteiger partial charge in [0, 0.05) is 13.1 Å². The van der Waals surface area contributed by atoms with E-state index in [0.29, 0.717) is 11.4 Å². The van der Waals surface area contributed by atoms with Gasteiger partial charge in [0.2, 0.25) is 0 Å². The van der Waals surface area contributed by atoms with Gasteiger partial charge < -0.3 is 14.2 Å². The van der Waals surface area contributed by atoms with Crippen LogP contribution < -0.4 is 39.2 Å². The van der Waals surface area contributed by atoms with Crippen LogP contribution in [0.15, 0.2) is 23.1 Å². The number of methoxy groups -OCH3 is 1. The number of nitrogens with zero attached hydrogens (tertiary/aromatic N) is 1. The monoisotopic (exact) mass is 337 g/mol. The average Bonchev–Trinajstić information content (AvgIpc) is 2.46. The Bertz CT molecular complexity index is 540. The third-order valence-electron chi connectivity index (χ3n) is 3.34. The summed E-state index contributed by atoms with van der Waals surface area (Å²) < 4.78 is 39.0. The Hall–Kier alpha value is -0.270. The molecule has 0 amide bonds. The summed E-state index contributed by atoms with van der Waals surface area (Å²) in [5, 5.41) is 0. The number of hydrogen-bond donors (Lipinski definition) is 0. The summed E-state index contributed by atoms with van der Waals surface area (Å²) in [6.45, 7) is 5.84. The van der Waals surface area contributed by atoms with Crippen LogP contribution in [0.3, 0.4) is 0 Å². The topological polar surface area (TPSA) is 69.7 Å². The fraction of sp³-hybridized carbons (Fsp3) is 0.600. The molecule has 1 aromatic rings. The maximum absolute atomic E-state index is 11.2. The zero-order valence-corrected chi connectivity index (χ0v) is 16.8. The molecule has 0 heterocycles. The van der Waals surface area contributed by atoms with E-state index in [4.69, 9.17) is 4.74 Å². The zero-order valence-electron chi connectivity index (χ0n) is 14.0. The third-order valence-corrected chi connectivity index (χ3v) is 4.17. The molecule has 0 bridgehead atoms. The Balaban J connectivity index is 0.00000441. The van der Waals surface area contributed by atoms with Crippen molar-refractivity contribution < 1.29 is 47.3 Å². The smallest absolute Gasteiger partial charge is 0.744 e. The maximum Gasteiger partial charge on any atom is 1.00 e. The van der Waals surface area contributed by atoms with Crippen LogP contribution in [-0.4, -0.2) is 33.2 Å². The Kier molecular flexibility index (Phi) is 10.4. The van der Waals surface area contributed by atoms with Crippen molar-refractivity contribution in [2.24, 2.45) is 0 Å². The molecule has 0 radical (unpaired) electrons. The second kappa shape index (κ2) is 10.5. The summed E-state index contributed by atoms with van der Waals surface area (Å²) in [5.74, 6) is 0.592. The first-order valence-corrected chi connectivity index (χ1v) is 8.73. The van der Waals surface area contributed by atoms with Crippen LogP contribution in [0, 0.1) is 0 Å². The summed E-state index contributed by atoms with van der Waals surface area (Å²) in [6.07, 6.45) is 4.09. The van der Waals surface area contributed by atoms with Crippen LogP contribution in [0.1, 0.15) is 39.5 Å². The van der Waals surface area contributed by atoms with Crippen LogP contribution in [0.4, 0.5) is 5.69 Å². The molecule has 7 heteroatoms. The Morgan fingerprint density at radius 1 is 1.14 bits per heavy atom. The van der Waals surface area contributed by atoms with Gasteiger partial charge in [-0.05, 0) is 31.0 Å². The molecule has 0 spiro atoms. The number of hydrogen-bond acceptors (Lipinski definition) is 5. The van der Waals surface area contributed by atoms with Crippen molar-refractivity contribution in [3.63, 3.8) is 0 Å². The maximum atomic E-state index is 11.2. The summed E-state index contributed by atoms with van der Waals surface area (Å²) in [5.41, 5.74) is 0.677. The molecule has 0 aliphatic heterocycles. The molecule has 1 rings (SSSR count). The number of unbranched alkanes of at least 4 members (excludes halogenated alkanes) is 2. The Morgan fingerprint density at radius 3 is 2.09 bits per heavy atom. The summed E-state index contributed by atoms with van der Waals surface area (Å²) in [4.78, 5) is 1.89. The number of anilines is 1. The SMILES string of the molecule is CCCCN(CCCC)c1cc(S(=O)(=O)[O-])ccc1OC.[Na+]. The standard InChI is InChI=1S/C15H25NO4S.Na/c1-4-6-10-16(11-7-5-2)14-12-13(21(17,18)19)8-9-15(14)20-3;/h8-9,12H,4-7,10-11H2,1-3H3,(H,17,18,19);/q;+1/p-1. The van der Waals surface area contributed by atoms with Crippen LogP contribution in [0.2, 0.25) is 0 Å². The molecule has 120 valence electrons. The van der Waals surface area contributed by atoms with E-state index in [9.17, 15) is 13.0 Å².